The summed E-state index contributed by atoms with van der Waals surface area (Å²) in [7, 11) is -3.16. The van der Waals surface area contributed by atoms with Crippen molar-refractivity contribution in [3.63, 3.8) is 0 Å². The number of unbranched alkanes of at least 4 members (excludes halogenated alkanes) is 4. The minimum atomic E-state index is -5.72. The molecule has 0 bridgehead atoms. The summed E-state index contributed by atoms with van der Waals surface area (Å²) in [6, 6.07) is 0. The van der Waals surface area contributed by atoms with E-state index in [1.54, 1.807) is 0 Å². The quantitative estimate of drug-likeness (QED) is 0.505. The summed E-state index contributed by atoms with van der Waals surface area (Å²) in [5.74, 6) is -0.601. The van der Waals surface area contributed by atoms with Gasteiger partial charge in [-0.2, -0.15) is 22.0 Å². The van der Waals surface area contributed by atoms with Crippen LogP contribution in [-0.4, -0.2) is 21.4 Å². The number of alkyl halides is 5. The van der Waals surface area contributed by atoms with Gasteiger partial charge >= 0.3 is 11.4 Å². The zero-order valence-corrected chi connectivity index (χ0v) is 9.77. The SMILES string of the molecule is CCCCCCCS(=O)C(F)(F)C(F)(F)F. The average Bonchev–Trinajstić information content (AvgIpc) is 2.15. The van der Waals surface area contributed by atoms with Crippen molar-refractivity contribution in [2.24, 2.45) is 0 Å². The Labute approximate surface area is 93.9 Å². The summed E-state index contributed by atoms with van der Waals surface area (Å²) in [5.41, 5.74) is 0. The highest BCUT2D eigenvalue weighted by molar-refractivity contribution is 7.86. The highest BCUT2D eigenvalue weighted by Crippen LogP contribution is 2.38. The highest BCUT2D eigenvalue weighted by Gasteiger charge is 2.61. The van der Waals surface area contributed by atoms with E-state index in [9.17, 15) is 26.2 Å². The molecule has 1 unspecified atom stereocenters. The molecule has 0 aliphatic carbocycles. The second-order valence-corrected chi connectivity index (χ2v) is 5.09. The molecule has 98 valence electrons. The smallest absolute Gasteiger partial charge is 0.253 e. The third kappa shape index (κ3) is 4.76. The molecule has 0 aromatic heterocycles. The molecular formula is C9H15F5OS. The lowest BCUT2D eigenvalue weighted by Gasteiger charge is -2.18. The van der Waals surface area contributed by atoms with E-state index in [1.807, 2.05) is 6.92 Å². The molecule has 7 heteroatoms. The van der Waals surface area contributed by atoms with E-state index < -0.39 is 28.0 Å². The summed E-state index contributed by atoms with van der Waals surface area (Å²) >= 11 is 0. The summed E-state index contributed by atoms with van der Waals surface area (Å²) in [4.78, 5) is 0. The van der Waals surface area contributed by atoms with Crippen molar-refractivity contribution in [2.75, 3.05) is 5.75 Å². The predicted molar refractivity (Wildman–Crippen MR) is 52.8 cm³/mol. The molecule has 0 aliphatic rings. The Hall–Kier alpha value is -0.200. The lowest BCUT2D eigenvalue weighted by atomic mass is 10.2. The largest absolute Gasteiger partial charge is 0.466 e. The van der Waals surface area contributed by atoms with Crippen LogP contribution in [0.4, 0.5) is 22.0 Å². The van der Waals surface area contributed by atoms with Crippen molar-refractivity contribution in [1.29, 1.82) is 0 Å². The Morgan fingerprint density at radius 3 is 1.88 bits per heavy atom. The van der Waals surface area contributed by atoms with Crippen molar-refractivity contribution in [1.82, 2.24) is 0 Å². The van der Waals surface area contributed by atoms with Gasteiger partial charge in [0.05, 0.1) is 0 Å². The number of hydrogen-bond acceptors (Lipinski definition) is 1. The van der Waals surface area contributed by atoms with Gasteiger partial charge in [0, 0.05) is 5.75 Å². The van der Waals surface area contributed by atoms with Crippen molar-refractivity contribution in [2.45, 2.75) is 50.5 Å². The van der Waals surface area contributed by atoms with E-state index in [-0.39, 0.29) is 6.42 Å². The lowest BCUT2D eigenvalue weighted by molar-refractivity contribution is -0.239. The maximum absolute atomic E-state index is 12.5. The van der Waals surface area contributed by atoms with Crippen LogP contribution in [-0.2, 0) is 10.8 Å². The molecule has 1 atom stereocenters. The predicted octanol–water partition coefficient (Wildman–Crippen LogP) is 3.86. The minimum absolute atomic E-state index is 0.137. The van der Waals surface area contributed by atoms with E-state index in [4.69, 9.17) is 0 Å². The van der Waals surface area contributed by atoms with Crippen LogP contribution >= 0.6 is 0 Å². The summed E-state index contributed by atoms with van der Waals surface area (Å²) < 4.78 is 71.0. The standard InChI is InChI=1S/C9H15F5OS/c1-2-3-4-5-6-7-16(15)9(13,14)8(10,11)12/h2-7H2,1H3. The van der Waals surface area contributed by atoms with Gasteiger partial charge in [-0.15, -0.1) is 0 Å². The molecule has 0 radical (unpaired) electrons. The Morgan fingerprint density at radius 2 is 1.44 bits per heavy atom. The first kappa shape index (κ1) is 15.8. The molecule has 0 spiro atoms. The fourth-order valence-corrected chi connectivity index (χ4v) is 2.07. The normalized spacial score (nSPS) is 15.1. The van der Waals surface area contributed by atoms with Crippen LogP contribution in [0.25, 0.3) is 0 Å². The summed E-state index contributed by atoms with van der Waals surface area (Å²) in [5, 5.41) is -5.09. The molecule has 0 aromatic rings. The molecule has 0 N–H and O–H groups in total. The fourth-order valence-electron chi connectivity index (χ4n) is 1.09. The second-order valence-electron chi connectivity index (χ2n) is 3.48. The van der Waals surface area contributed by atoms with E-state index in [0.717, 1.165) is 19.3 Å². The van der Waals surface area contributed by atoms with Crippen LogP contribution in [0.2, 0.25) is 0 Å². The fraction of sp³-hybridized carbons (Fsp3) is 1.00. The zero-order valence-electron chi connectivity index (χ0n) is 8.95. The Morgan fingerprint density at radius 1 is 0.938 bits per heavy atom. The minimum Gasteiger partial charge on any atom is -0.253 e. The summed E-state index contributed by atoms with van der Waals surface area (Å²) in [6.07, 6.45) is -2.43. The van der Waals surface area contributed by atoms with Crippen LogP contribution in [0, 0.1) is 0 Å². The van der Waals surface area contributed by atoms with E-state index >= 15 is 0 Å². The van der Waals surface area contributed by atoms with Gasteiger partial charge in [0.15, 0.2) is 0 Å². The van der Waals surface area contributed by atoms with Gasteiger partial charge < -0.3 is 0 Å². The molecule has 0 heterocycles. The van der Waals surface area contributed by atoms with Gasteiger partial charge in [-0.05, 0) is 6.42 Å². The van der Waals surface area contributed by atoms with Gasteiger partial charge in [0.2, 0.25) is 0 Å². The van der Waals surface area contributed by atoms with Gasteiger partial charge in [-0.3, -0.25) is 4.21 Å². The Balaban J connectivity index is 3.98. The van der Waals surface area contributed by atoms with E-state index in [2.05, 4.69) is 0 Å². The number of rotatable bonds is 7. The third-order valence-corrected chi connectivity index (χ3v) is 3.51. The molecule has 0 saturated carbocycles. The molecule has 0 rings (SSSR count). The van der Waals surface area contributed by atoms with Crippen molar-refractivity contribution in [3.8, 4) is 0 Å². The first-order valence-electron chi connectivity index (χ1n) is 5.06. The van der Waals surface area contributed by atoms with Gasteiger partial charge in [0.25, 0.3) is 0 Å². The van der Waals surface area contributed by atoms with Gasteiger partial charge in [0.1, 0.15) is 10.8 Å². The van der Waals surface area contributed by atoms with Crippen molar-refractivity contribution < 1.29 is 26.2 Å². The molecule has 0 amide bonds. The monoisotopic (exact) mass is 266 g/mol. The molecule has 0 saturated heterocycles. The Kier molecular flexibility index (Phi) is 6.43. The van der Waals surface area contributed by atoms with Crippen molar-refractivity contribution >= 4 is 10.8 Å². The van der Waals surface area contributed by atoms with E-state index in [1.165, 1.54) is 0 Å². The lowest BCUT2D eigenvalue weighted by Crippen LogP contribution is -2.41. The number of halogens is 5. The van der Waals surface area contributed by atoms with Crippen LogP contribution < -0.4 is 0 Å². The maximum atomic E-state index is 12.5. The van der Waals surface area contributed by atoms with Crippen LogP contribution in [0.1, 0.15) is 39.0 Å². The molecule has 16 heavy (non-hydrogen) atoms. The molecule has 0 fully saturated rings. The van der Waals surface area contributed by atoms with Gasteiger partial charge in [-0.25, -0.2) is 0 Å². The average molecular weight is 266 g/mol. The zero-order chi connectivity index (χ0) is 12.8. The molecule has 1 nitrogen and oxygen atoms in total. The topological polar surface area (TPSA) is 17.1 Å². The summed E-state index contributed by atoms with van der Waals surface area (Å²) in [6.45, 7) is 1.95. The highest BCUT2D eigenvalue weighted by atomic mass is 32.2. The van der Waals surface area contributed by atoms with E-state index in [0.29, 0.717) is 6.42 Å². The molecular weight excluding hydrogens is 251 g/mol. The van der Waals surface area contributed by atoms with Crippen LogP contribution in [0.3, 0.4) is 0 Å². The van der Waals surface area contributed by atoms with Crippen LogP contribution in [0.5, 0.6) is 0 Å². The molecule has 0 aromatic carbocycles. The maximum Gasteiger partial charge on any atom is 0.466 e. The Bertz CT molecular complexity index is 226. The molecule has 0 aliphatic heterocycles. The first-order valence-corrected chi connectivity index (χ1v) is 6.38. The second kappa shape index (κ2) is 6.51. The van der Waals surface area contributed by atoms with Gasteiger partial charge in [-0.1, -0.05) is 32.6 Å². The van der Waals surface area contributed by atoms with Crippen molar-refractivity contribution in [3.05, 3.63) is 0 Å². The first-order chi connectivity index (χ1) is 7.23. The number of hydrogen-bond donors (Lipinski definition) is 0. The third-order valence-electron chi connectivity index (χ3n) is 2.05. The van der Waals surface area contributed by atoms with Crippen LogP contribution in [0.15, 0.2) is 0 Å².